The van der Waals surface area contributed by atoms with Gasteiger partial charge in [0.05, 0.1) is 12.2 Å². The van der Waals surface area contributed by atoms with Crippen LogP contribution < -0.4 is 5.32 Å². The van der Waals surface area contributed by atoms with Crippen LogP contribution in [0.4, 0.5) is 5.69 Å². The summed E-state index contributed by atoms with van der Waals surface area (Å²) in [5.74, 6) is 0.813. The minimum atomic E-state index is -1.35. The standard InChI is InChI=1S/C25H35NO4/c1-5-26-20-13-16(3)23-19(14-20)7-6-8-21(27)24(29)22(28)12-9-15(2)17(4)30-25(23)18-10-11-18/h6-7,13-15,17,21,24,26-27,29H,5,8-12H2,1-4H3/b7-6+/t15-,17+,21+,24+/m1/s1. The number of ether oxygens (including phenoxy) is 1. The third-order valence-corrected chi connectivity index (χ3v) is 6.12. The fourth-order valence-corrected chi connectivity index (χ4v) is 3.90. The Hall–Kier alpha value is -2.11. The normalized spacial score (nSPS) is 28.9. The van der Waals surface area contributed by atoms with Crippen molar-refractivity contribution in [3.05, 3.63) is 40.5 Å². The number of carbonyl (C=O) groups is 1. The van der Waals surface area contributed by atoms with E-state index in [-0.39, 0.29) is 30.6 Å². The monoisotopic (exact) mass is 413 g/mol. The number of anilines is 1. The Morgan fingerprint density at radius 1 is 1.17 bits per heavy atom. The molecule has 3 N–H and O–H groups in total. The van der Waals surface area contributed by atoms with Crippen LogP contribution in [-0.2, 0) is 9.53 Å². The van der Waals surface area contributed by atoms with Gasteiger partial charge in [-0.1, -0.05) is 19.1 Å². The summed E-state index contributed by atoms with van der Waals surface area (Å²) in [6.45, 7) is 9.12. The van der Waals surface area contributed by atoms with E-state index in [0.717, 1.165) is 47.5 Å². The number of rotatable bonds is 2. The van der Waals surface area contributed by atoms with E-state index >= 15 is 0 Å². The first-order chi connectivity index (χ1) is 14.3. The molecule has 0 radical (unpaired) electrons. The minimum Gasteiger partial charge on any atom is -0.490 e. The van der Waals surface area contributed by atoms with Gasteiger partial charge in [-0.3, -0.25) is 4.79 Å². The van der Waals surface area contributed by atoms with E-state index in [1.54, 1.807) is 0 Å². The fourth-order valence-electron chi connectivity index (χ4n) is 3.90. The highest BCUT2D eigenvalue weighted by Gasteiger charge is 2.29. The second kappa shape index (κ2) is 9.80. The maximum Gasteiger partial charge on any atom is 0.163 e. The molecule has 5 heteroatoms. The van der Waals surface area contributed by atoms with E-state index in [1.165, 1.54) is 5.57 Å². The van der Waals surface area contributed by atoms with Crippen LogP contribution in [0.1, 0.15) is 69.6 Å². The number of allylic oxidation sites excluding steroid dienone is 1. The van der Waals surface area contributed by atoms with Crippen molar-refractivity contribution in [2.75, 3.05) is 11.9 Å². The van der Waals surface area contributed by atoms with Crippen molar-refractivity contribution in [1.29, 1.82) is 0 Å². The molecule has 1 heterocycles. The van der Waals surface area contributed by atoms with Crippen molar-refractivity contribution in [3.63, 3.8) is 0 Å². The molecular weight excluding hydrogens is 378 g/mol. The van der Waals surface area contributed by atoms with E-state index in [4.69, 9.17) is 4.74 Å². The molecule has 3 rings (SSSR count). The van der Waals surface area contributed by atoms with Crippen LogP contribution in [0, 0.1) is 12.8 Å². The van der Waals surface area contributed by atoms with Crippen molar-refractivity contribution in [1.82, 2.24) is 0 Å². The summed E-state index contributed by atoms with van der Waals surface area (Å²) in [4.78, 5) is 12.3. The van der Waals surface area contributed by atoms with E-state index < -0.39 is 12.2 Å². The molecule has 0 spiro atoms. The molecule has 1 aliphatic heterocycles. The highest BCUT2D eigenvalue weighted by Crippen LogP contribution is 2.41. The van der Waals surface area contributed by atoms with Crippen molar-refractivity contribution in [2.45, 2.75) is 78.1 Å². The van der Waals surface area contributed by atoms with Crippen molar-refractivity contribution < 1.29 is 19.7 Å². The lowest BCUT2D eigenvalue weighted by Crippen LogP contribution is -2.34. The van der Waals surface area contributed by atoms with Crippen LogP contribution in [0.5, 0.6) is 0 Å². The summed E-state index contributed by atoms with van der Waals surface area (Å²) < 4.78 is 6.52. The zero-order chi connectivity index (χ0) is 21.8. The van der Waals surface area contributed by atoms with E-state index in [2.05, 4.69) is 38.2 Å². The number of aliphatic hydroxyl groups is 2. The van der Waals surface area contributed by atoms with Gasteiger partial charge in [0.15, 0.2) is 5.78 Å². The molecule has 0 bridgehead atoms. The second-order valence-corrected chi connectivity index (χ2v) is 8.68. The van der Waals surface area contributed by atoms with Gasteiger partial charge in [0, 0.05) is 24.2 Å². The number of ketones is 1. The number of fused-ring (bicyclic) bond motifs is 1. The maximum absolute atomic E-state index is 12.3. The molecular formula is C25H35NO4. The minimum absolute atomic E-state index is 0.0596. The molecule has 0 unspecified atom stereocenters. The number of hydrogen-bond donors (Lipinski definition) is 3. The lowest BCUT2D eigenvalue weighted by Gasteiger charge is -2.26. The van der Waals surface area contributed by atoms with Crippen LogP contribution in [-0.4, -0.2) is 40.9 Å². The Morgan fingerprint density at radius 2 is 1.90 bits per heavy atom. The van der Waals surface area contributed by atoms with Crippen LogP contribution in [0.15, 0.2) is 23.8 Å². The molecule has 164 valence electrons. The Balaban J connectivity index is 2.07. The van der Waals surface area contributed by atoms with Crippen LogP contribution in [0.3, 0.4) is 0 Å². The molecule has 5 nitrogen and oxygen atoms in total. The predicted molar refractivity (Wildman–Crippen MR) is 121 cm³/mol. The summed E-state index contributed by atoms with van der Waals surface area (Å²) in [6, 6.07) is 4.25. The van der Waals surface area contributed by atoms with Crippen LogP contribution >= 0.6 is 0 Å². The number of aliphatic hydroxyl groups excluding tert-OH is 2. The number of aryl methyl sites for hydroxylation is 1. The summed E-state index contributed by atoms with van der Waals surface area (Å²) in [7, 11) is 0. The molecule has 2 aliphatic rings. The molecule has 0 amide bonds. The Kier molecular flexibility index (Phi) is 7.37. The average Bonchev–Trinajstić information content (AvgIpc) is 3.54. The summed E-state index contributed by atoms with van der Waals surface area (Å²) in [5, 5.41) is 23.9. The van der Waals surface area contributed by atoms with Crippen LogP contribution in [0.25, 0.3) is 11.8 Å². The Morgan fingerprint density at radius 3 is 2.57 bits per heavy atom. The van der Waals surface area contributed by atoms with Gasteiger partial charge in [-0.05, 0) is 81.2 Å². The van der Waals surface area contributed by atoms with E-state index in [1.807, 2.05) is 19.1 Å². The van der Waals surface area contributed by atoms with Gasteiger partial charge >= 0.3 is 0 Å². The number of nitrogens with one attached hydrogen (secondary N) is 1. The smallest absolute Gasteiger partial charge is 0.163 e. The topological polar surface area (TPSA) is 78.8 Å². The van der Waals surface area contributed by atoms with Gasteiger partial charge in [0.25, 0.3) is 0 Å². The summed E-state index contributed by atoms with van der Waals surface area (Å²) >= 11 is 0. The van der Waals surface area contributed by atoms with Gasteiger partial charge < -0.3 is 20.3 Å². The first kappa shape index (κ1) is 22.6. The first-order valence-electron chi connectivity index (χ1n) is 11.1. The Bertz CT molecular complexity index is 836. The number of carbonyl (C=O) groups excluding carboxylic acids is 1. The SMILES string of the molecule is CCNc1cc(C)c2c(c1)/C=C/C[C@H](O)[C@H](O)C(=O)CC[C@@H](C)[C@H](C)OC2=C1CC1. The van der Waals surface area contributed by atoms with Gasteiger partial charge in [-0.25, -0.2) is 0 Å². The zero-order valence-corrected chi connectivity index (χ0v) is 18.6. The van der Waals surface area contributed by atoms with E-state index in [0.29, 0.717) is 6.42 Å². The lowest BCUT2D eigenvalue weighted by atomic mass is 9.93. The molecule has 1 aromatic rings. The molecule has 1 fully saturated rings. The summed E-state index contributed by atoms with van der Waals surface area (Å²) in [6.07, 6.45) is 4.48. The second-order valence-electron chi connectivity index (χ2n) is 8.68. The number of hydrogen-bond acceptors (Lipinski definition) is 5. The lowest BCUT2D eigenvalue weighted by molar-refractivity contribution is -0.133. The quantitative estimate of drug-likeness (QED) is 0.667. The van der Waals surface area contributed by atoms with Gasteiger partial charge in [0.1, 0.15) is 11.9 Å². The van der Waals surface area contributed by atoms with Gasteiger partial charge in [0.2, 0.25) is 0 Å². The molecule has 1 saturated carbocycles. The van der Waals surface area contributed by atoms with Crippen molar-refractivity contribution in [3.8, 4) is 0 Å². The number of benzene rings is 1. The van der Waals surface area contributed by atoms with Gasteiger partial charge in [-0.2, -0.15) is 0 Å². The molecule has 0 aromatic heterocycles. The highest BCUT2D eigenvalue weighted by atomic mass is 16.5. The largest absolute Gasteiger partial charge is 0.490 e. The van der Waals surface area contributed by atoms with Crippen molar-refractivity contribution in [2.24, 2.45) is 5.92 Å². The fraction of sp³-hybridized carbons (Fsp3) is 0.560. The molecule has 1 aliphatic carbocycles. The van der Waals surface area contributed by atoms with Crippen molar-refractivity contribution >= 4 is 23.3 Å². The predicted octanol–water partition coefficient (Wildman–Crippen LogP) is 4.46. The third kappa shape index (κ3) is 5.32. The molecule has 0 saturated heterocycles. The third-order valence-electron chi connectivity index (χ3n) is 6.12. The summed E-state index contributed by atoms with van der Waals surface area (Å²) in [5.41, 5.74) is 5.64. The average molecular weight is 414 g/mol. The molecule has 4 atom stereocenters. The highest BCUT2D eigenvalue weighted by molar-refractivity contribution is 5.83. The zero-order valence-electron chi connectivity index (χ0n) is 18.6. The maximum atomic E-state index is 12.3. The molecule has 30 heavy (non-hydrogen) atoms. The van der Waals surface area contributed by atoms with Gasteiger partial charge in [-0.15, -0.1) is 0 Å². The Labute approximate surface area is 179 Å². The number of Topliss-reactive ketones (excluding diaryl/α,β-unsaturated/α-hetero) is 1. The van der Waals surface area contributed by atoms with E-state index in [9.17, 15) is 15.0 Å². The molecule has 1 aromatic carbocycles. The first-order valence-corrected chi connectivity index (χ1v) is 11.1. The van der Waals surface area contributed by atoms with Crippen LogP contribution in [0.2, 0.25) is 0 Å².